The van der Waals surface area contributed by atoms with E-state index < -0.39 is 4.92 Å². The van der Waals surface area contributed by atoms with Gasteiger partial charge >= 0.3 is 0 Å². The average Bonchev–Trinajstić information content (AvgIpc) is 3.05. The second kappa shape index (κ2) is 7.63. The molecule has 0 aliphatic carbocycles. The van der Waals surface area contributed by atoms with Crippen molar-refractivity contribution in [1.82, 2.24) is 10.1 Å². The van der Waals surface area contributed by atoms with Gasteiger partial charge in [-0.05, 0) is 18.6 Å². The Hall–Kier alpha value is -2.77. The van der Waals surface area contributed by atoms with Crippen LogP contribution in [0.5, 0.6) is 0 Å². The number of nitro benzene ring substituents is 1. The molecule has 1 unspecified atom stereocenters. The third kappa shape index (κ3) is 4.07. The van der Waals surface area contributed by atoms with Crippen LogP contribution in [0, 0.1) is 17.0 Å². The monoisotopic (exact) mass is 373 g/mol. The SMILES string of the molecule is Cc1ccccc1-c1noc(C[NH+](C)Cc2cc([N+](=O)[O-])ccc2Cl)n1. The molecule has 0 saturated carbocycles. The molecule has 0 amide bonds. The Kier molecular flexibility index (Phi) is 5.29. The molecule has 0 fully saturated rings. The molecule has 7 nitrogen and oxygen atoms in total. The molecule has 0 saturated heterocycles. The average molecular weight is 374 g/mol. The number of nitrogens with zero attached hydrogens (tertiary/aromatic N) is 3. The number of aromatic nitrogens is 2. The number of hydrogen-bond acceptors (Lipinski definition) is 5. The van der Waals surface area contributed by atoms with Gasteiger partial charge in [0.2, 0.25) is 5.82 Å². The van der Waals surface area contributed by atoms with Gasteiger partial charge in [0.1, 0.15) is 6.54 Å². The molecular weight excluding hydrogens is 356 g/mol. The lowest BCUT2D eigenvalue weighted by Crippen LogP contribution is -3.06. The summed E-state index contributed by atoms with van der Waals surface area (Å²) in [6.07, 6.45) is 0. The van der Waals surface area contributed by atoms with Crippen molar-refractivity contribution < 1.29 is 14.3 Å². The molecule has 1 atom stereocenters. The maximum absolute atomic E-state index is 10.9. The van der Waals surface area contributed by atoms with E-state index in [1.165, 1.54) is 12.1 Å². The van der Waals surface area contributed by atoms with E-state index in [2.05, 4.69) is 10.1 Å². The second-order valence-corrected chi connectivity index (χ2v) is 6.58. The van der Waals surface area contributed by atoms with E-state index >= 15 is 0 Å². The molecule has 0 bridgehead atoms. The number of halogens is 1. The molecule has 0 aliphatic rings. The highest BCUT2D eigenvalue weighted by molar-refractivity contribution is 6.31. The minimum atomic E-state index is -0.429. The van der Waals surface area contributed by atoms with Crippen molar-refractivity contribution >= 4 is 17.3 Å². The number of nitro groups is 1. The van der Waals surface area contributed by atoms with E-state index in [-0.39, 0.29) is 5.69 Å². The maximum Gasteiger partial charge on any atom is 0.282 e. The zero-order valence-corrected chi connectivity index (χ0v) is 15.2. The molecule has 3 aromatic rings. The second-order valence-electron chi connectivity index (χ2n) is 6.17. The number of nitrogens with one attached hydrogen (secondary N) is 1. The van der Waals surface area contributed by atoms with Crippen LogP contribution in [0.2, 0.25) is 5.02 Å². The van der Waals surface area contributed by atoms with E-state index in [0.29, 0.717) is 35.4 Å². The van der Waals surface area contributed by atoms with Gasteiger partial charge in [-0.3, -0.25) is 10.1 Å². The molecule has 0 aliphatic heterocycles. The lowest BCUT2D eigenvalue weighted by molar-refractivity contribution is -0.909. The molecule has 134 valence electrons. The Morgan fingerprint density at radius 2 is 2.00 bits per heavy atom. The van der Waals surface area contributed by atoms with Crippen LogP contribution in [0.3, 0.4) is 0 Å². The van der Waals surface area contributed by atoms with Gasteiger partial charge in [-0.1, -0.05) is 41.0 Å². The number of rotatable bonds is 6. The third-order valence-corrected chi connectivity index (χ3v) is 4.41. The molecule has 1 aromatic heterocycles. The fourth-order valence-corrected chi connectivity index (χ4v) is 2.90. The van der Waals surface area contributed by atoms with Crippen molar-refractivity contribution in [2.24, 2.45) is 0 Å². The van der Waals surface area contributed by atoms with Gasteiger partial charge in [0, 0.05) is 28.3 Å². The summed E-state index contributed by atoms with van der Waals surface area (Å²) >= 11 is 6.16. The largest absolute Gasteiger partial charge is 0.333 e. The van der Waals surface area contributed by atoms with Crippen molar-refractivity contribution in [3.63, 3.8) is 0 Å². The summed E-state index contributed by atoms with van der Waals surface area (Å²) in [6.45, 7) is 2.98. The number of non-ortho nitro benzene ring substituents is 1. The van der Waals surface area contributed by atoms with E-state index in [1.807, 2.05) is 38.2 Å². The van der Waals surface area contributed by atoms with Crippen molar-refractivity contribution in [1.29, 1.82) is 0 Å². The third-order valence-electron chi connectivity index (χ3n) is 4.04. The Bertz CT molecular complexity index is 942. The molecule has 26 heavy (non-hydrogen) atoms. The Balaban J connectivity index is 1.71. The number of hydrogen-bond donors (Lipinski definition) is 1. The van der Waals surface area contributed by atoms with Crippen molar-refractivity contribution in [3.8, 4) is 11.4 Å². The van der Waals surface area contributed by atoms with Gasteiger partial charge < -0.3 is 9.42 Å². The Morgan fingerprint density at radius 1 is 1.23 bits per heavy atom. The predicted octanol–water partition coefficient (Wildman–Crippen LogP) is 2.82. The zero-order valence-electron chi connectivity index (χ0n) is 14.4. The lowest BCUT2D eigenvalue weighted by Gasteiger charge is -2.12. The van der Waals surface area contributed by atoms with Gasteiger partial charge in [-0.25, -0.2) is 0 Å². The fraction of sp³-hybridized carbons (Fsp3) is 0.222. The van der Waals surface area contributed by atoms with Crippen LogP contribution >= 0.6 is 11.6 Å². The normalized spacial score (nSPS) is 12.1. The first-order chi connectivity index (χ1) is 12.4. The first-order valence-corrected chi connectivity index (χ1v) is 8.44. The minimum Gasteiger partial charge on any atom is -0.333 e. The molecule has 2 aromatic carbocycles. The number of quaternary nitrogens is 1. The highest BCUT2D eigenvalue weighted by Gasteiger charge is 2.17. The van der Waals surface area contributed by atoms with Crippen LogP contribution in [0.25, 0.3) is 11.4 Å². The summed E-state index contributed by atoms with van der Waals surface area (Å²) in [7, 11) is 1.94. The van der Waals surface area contributed by atoms with Crippen LogP contribution in [0.4, 0.5) is 5.69 Å². The van der Waals surface area contributed by atoms with Crippen LogP contribution in [0.15, 0.2) is 47.0 Å². The topological polar surface area (TPSA) is 86.5 Å². The molecule has 3 rings (SSSR count). The van der Waals surface area contributed by atoms with Gasteiger partial charge in [0.25, 0.3) is 11.6 Å². The van der Waals surface area contributed by atoms with Crippen LogP contribution in [-0.4, -0.2) is 22.1 Å². The summed E-state index contributed by atoms with van der Waals surface area (Å²) in [5.41, 5.74) is 2.74. The lowest BCUT2D eigenvalue weighted by atomic mass is 10.1. The van der Waals surface area contributed by atoms with Crippen molar-refractivity contribution in [2.75, 3.05) is 7.05 Å². The molecule has 0 radical (unpaired) electrons. The smallest absolute Gasteiger partial charge is 0.282 e. The standard InChI is InChI=1S/C18H17ClN4O3/c1-12-5-3-4-6-15(12)18-20-17(26-21-18)11-22(2)10-13-9-14(23(24)25)7-8-16(13)19/h3-9H,10-11H2,1-2H3/p+1. The summed E-state index contributed by atoms with van der Waals surface area (Å²) < 4.78 is 5.35. The minimum absolute atomic E-state index is 0.0248. The fourth-order valence-electron chi connectivity index (χ4n) is 2.72. The van der Waals surface area contributed by atoms with Crippen LogP contribution in [-0.2, 0) is 13.1 Å². The Morgan fingerprint density at radius 3 is 2.73 bits per heavy atom. The molecule has 8 heteroatoms. The first-order valence-electron chi connectivity index (χ1n) is 8.06. The first kappa shape index (κ1) is 18.0. The number of aryl methyl sites for hydroxylation is 1. The van der Waals surface area contributed by atoms with E-state index in [9.17, 15) is 10.1 Å². The van der Waals surface area contributed by atoms with Crippen LogP contribution in [0.1, 0.15) is 17.0 Å². The van der Waals surface area contributed by atoms with Gasteiger partial charge in [0.15, 0.2) is 6.54 Å². The molecule has 1 heterocycles. The summed E-state index contributed by atoms with van der Waals surface area (Å²) in [5.74, 6) is 1.06. The highest BCUT2D eigenvalue weighted by atomic mass is 35.5. The molecule has 0 spiro atoms. The van der Waals surface area contributed by atoms with Gasteiger partial charge in [0.05, 0.1) is 12.0 Å². The van der Waals surface area contributed by atoms with Crippen molar-refractivity contribution in [3.05, 3.63) is 74.6 Å². The van der Waals surface area contributed by atoms with E-state index in [1.54, 1.807) is 6.07 Å². The zero-order chi connectivity index (χ0) is 18.7. The summed E-state index contributed by atoms with van der Waals surface area (Å²) in [5, 5.41) is 15.5. The predicted molar refractivity (Wildman–Crippen MR) is 96.9 cm³/mol. The highest BCUT2D eigenvalue weighted by Crippen LogP contribution is 2.22. The summed E-state index contributed by atoms with van der Waals surface area (Å²) in [4.78, 5) is 16.0. The quantitative estimate of drug-likeness (QED) is 0.530. The van der Waals surface area contributed by atoms with E-state index in [4.69, 9.17) is 16.1 Å². The van der Waals surface area contributed by atoms with Crippen molar-refractivity contribution in [2.45, 2.75) is 20.0 Å². The van der Waals surface area contributed by atoms with Crippen LogP contribution < -0.4 is 4.90 Å². The van der Waals surface area contributed by atoms with E-state index in [0.717, 1.165) is 16.0 Å². The maximum atomic E-state index is 10.9. The van der Waals surface area contributed by atoms with Gasteiger partial charge in [-0.2, -0.15) is 4.98 Å². The molecular formula is C18H18ClN4O3+. The van der Waals surface area contributed by atoms with Gasteiger partial charge in [-0.15, -0.1) is 0 Å². The Labute approximate surface area is 155 Å². The summed E-state index contributed by atoms with van der Waals surface area (Å²) in [6, 6.07) is 12.3. The number of benzene rings is 2. The molecule has 1 N–H and O–H groups in total.